The first-order valence-electron chi connectivity index (χ1n) is 5.91. The molecule has 0 aliphatic carbocycles. The second-order valence-corrected chi connectivity index (χ2v) is 5.31. The number of carbonyl (C=O) groups is 1. The Labute approximate surface area is 109 Å². The molecule has 3 nitrogen and oxygen atoms in total. The summed E-state index contributed by atoms with van der Waals surface area (Å²) >= 11 is 0. The van der Waals surface area contributed by atoms with Crippen molar-refractivity contribution in [3.63, 3.8) is 0 Å². The molecule has 1 atom stereocenters. The molecule has 1 fully saturated rings. The fourth-order valence-electron chi connectivity index (χ4n) is 2.16. The molecule has 1 heterocycles. The van der Waals surface area contributed by atoms with Gasteiger partial charge < -0.3 is 0 Å². The van der Waals surface area contributed by atoms with Gasteiger partial charge in [-0.15, -0.1) is 0 Å². The molecule has 6 heteroatoms. The van der Waals surface area contributed by atoms with Crippen LogP contribution in [-0.4, -0.2) is 23.6 Å². The van der Waals surface area contributed by atoms with E-state index in [4.69, 9.17) is 0 Å². The molecule has 1 saturated heterocycles. The number of benzene rings is 1. The average Bonchev–Trinajstić information content (AvgIpc) is 2.52. The molecule has 0 spiro atoms. The van der Waals surface area contributed by atoms with Gasteiger partial charge in [0.25, 0.3) is 0 Å². The van der Waals surface area contributed by atoms with E-state index < -0.39 is 23.5 Å². The monoisotopic (exact) mass is 272 g/mol. The van der Waals surface area contributed by atoms with Crippen molar-refractivity contribution in [2.45, 2.75) is 26.1 Å². The van der Waals surface area contributed by atoms with Crippen LogP contribution in [0.4, 0.5) is 13.2 Å². The molecule has 2 rings (SSSR count). The van der Waals surface area contributed by atoms with E-state index in [9.17, 15) is 18.0 Å². The Kier molecular flexibility index (Phi) is 3.30. The number of carbonyl (C=O) groups excluding carboxylic acids is 1. The number of nitrogens with zero attached hydrogens (tertiary/aromatic N) is 1. The van der Waals surface area contributed by atoms with Crippen LogP contribution in [0, 0.1) is 5.41 Å². The molecule has 1 amide bonds. The van der Waals surface area contributed by atoms with E-state index >= 15 is 0 Å². The summed E-state index contributed by atoms with van der Waals surface area (Å²) in [6.45, 7) is 3.27. The largest absolute Gasteiger partial charge is 0.409 e. The first kappa shape index (κ1) is 13.9. The van der Waals surface area contributed by atoms with Crippen molar-refractivity contribution in [1.29, 1.82) is 0 Å². The van der Waals surface area contributed by atoms with Crippen molar-refractivity contribution >= 4 is 5.91 Å². The van der Waals surface area contributed by atoms with Gasteiger partial charge in [-0.25, -0.2) is 5.01 Å². The van der Waals surface area contributed by atoms with Crippen LogP contribution in [0.15, 0.2) is 30.3 Å². The van der Waals surface area contributed by atoms with E-state index in [0.29, 0.717) is 0 Å². The summed E-state index contributed by atoms with van der Waals surface area (Å²) in [6.07, 6.45) is -4.45. The van der Waals surface area contributed by atoms with Gasteiger partial charge in [0.1, 0.15) is 6.04 Å². The summed E-state index contributed by atoms with van der Waals surface area (Å²) in [5.74, 6) is -0.391. The summed E-state index contributed by atoms with van der Waals surface area (Å²) in [4.78, 5) is 11.6. The van der Waals surface area contributed by atoms with Crippen LogP contribution in [0.3, 0.4) is 0 Å². The van der Waals surface area contributed by atoms with Gasteiger partial charge in [0.2, 0.25) is 5.91 Å². The van der Waals surface area contributed by atoms with Crippen molar-refractivity contribution < 1.29 is 18.0 Å². The third-order valence-corrected chi connectivity index (χ3v) is 3.16. The van der Waals surface area contributed by atoms with Crippen LogP contribution in [0.5, 0.6) is 0 Å². The van der Waals surface area contributed by atoms with Crippen molar-refractivity contribution in [2.24, 2.45) is 5.41 Å². The molecule has 1 unspecified atom stereocenters. The summed E-state index contributed by atoms with van der Waals surface area (Å²) in [5.41, 5.74) is 1.62. The quantitative estimate of drug-likeness (QED) is 0.897. The number of hydrogen-bond donors (Lipinski definition) is 1. The minimum absolute atomic E-state index is 0.0188. The lowest BCUT2D eigenvalue weighted by Gasteiger charge is -2.29. The third kappa shape index (κ3) is 2.73. The molecule has 1 aromatic rings. The molecular formula is C13H15F3N2O. The van der Waals surface area contributed by atoms with Gasteiger partial charge in [0, 0.05) is 6.54 Å². The van der Waals surface area contributed by atoms with Crippen molar-refractivity contribution in [2.75, 3.05) is 6.54 Å². The van der Waals surface area contributed by atoms with E-state index in [1.165, 1.54) is 12.1 Å². The van der Waals surface area contributed by atoms with E-state index in [-0.39, 0.29) is 12.1 Å². The molecule has 1 aliphatic heterocycles. The highest BCUT2D eigenvalue weighted by molar-refractivity contribution is 5.83. The van der Waals surface area contributed by atoms with Gasteiger partial charge in [-0.3, -0.25) is 10.2 Å². The Hall–Kier alpha value is -1.56. The van der Waals surface area contributed by atoms with E-state index in [1.807, 2.05) is 0 Å². The molecule has 1 aromatic carbocycles. The molecule has 19 heavy (non-hydrogen) atoms. The SMILES string of the molecule is CC1(C)CN(C(c2ccccc2)C(F)(F)F)NC1=O. The third-order valence-electron chi connectivity index (χ3n) is 3.16. The van der Waals surface area contributed by atoms with Crippen molar-refractivity contribution in [3.05, 3.63) is 35.9 Å². The van der Waals surface area contributed by atoms with Gasteiger partial charge >= 0.3 is 6.18 Å². The number of rotatable bonds is 2. The average molecular weight is 272 g/mol. The Balaban J connectivity index is 2.34. The summed E-state index contributed by atoms with van der Waals surface area (Å²) < 4.78 is 39.7. The zero-order chi connectivity index (χ0) is 14.3. The molecule has 0 bridgehead atoms. The lowest BCUT2D eigenvalue weighted by Crippen LogP contribution is -2.43. The second kappa shape index (κ2) is 4.52. The maximum Gasteiger partial charge on any atom is 0.409 e. The molecule has 104 valence electrons. The molecular weight excluding hydrogens is 257 g/mol. The Morgan fingerprint density at radius 2 is 1.84 bits per heavy atom. The van der Waals surface area contributed by atoms with E-state index in [1.54, 1.807) is 32.0 Å². The maximum atomic E-state index is 13.2. The number of hydrazine groups is 1. The zero-order valence-corrected chi connectivity index (χ0v) is 10.7. The van der Waals surface area contributed by atoms with Crippen LogP contribution in [0.25, 0.3) is 0 Å². The van der Waals surface area contributed by atoms with Crippen molar-refractivity contribution in [1.82, 2.24) is 10.4 Å². The highest BCUT2D eigenvalue weighted by Crippen LogP contribution is 2.40. The van der Waals surface area contributed by atoms with Gasteiger partial charge in [-0.05, 0) is 19.4 Å². The fraction of sp³-hybridized carbons (Fsp3) is 0.462. The Morgan fingerprint density at radius 3 is 2.26 bits per heavy atom. The molecule has 1 aliphatic rings. The normalized spacial score (nSPS) is 21.2. The summed E-state index contributed by atoms with van der Waals surface area (Å²) in [6, 6.07) is 5.77. The van der Waals surface area contributed by atoms with Gasteiger partial charge in [0.05, 0.1) is 5.41 Å². The number of nitrogens with one attached hydrogen (secondary N) is 1. The smallest absolute Gasteiger partial charge is 0.287 e. The standard InChI is InChI=1S/C13H15F3N2O/c1-12(2)8-18(17-11(12)19)10(13(14,15)16)9-6-4-3-5-7-9/h3-7,10H,8H2,1-2H3,(H,17,19). The van der Waals surface area contributed by atoms with Crippen LogP contribution in [0.1, 0.15) is 25.5 Å². The number of alkyl halides is 3. The fourth-order valence-corrected chi connectivity index (χ4v) is 2.16. The van der Waals surface area contributed by atoms with Gasteiger partial charge in [-0.2, -0.15) is 13.2 Å². The molecule has 0 saturated carbocycles. The number of hydrogen-bond acceptors (Lipinski definition) is 2. The topological polar surface area (TPSA) is 32.3 Å². The molecule has 1 N–H and O–H groups in total. The first-order valence-corrected chi connectivity index (χ1v) is 5.91. The number of halogens is 3. The van der Waals surface area contributed by atoms with Gasteiger partial charge in [0.15, 0.2) is 0 Å². The minimum atomic E-state index is -4.45. The second-order valence-electron chi connectivity index (χ2n) is 5.31. The van der Waals surface area contributed by atoms with Crippen LogP contribution < -0.4 is 5.43 Å². The van der Waals surface area contributed by atoms with E-state index in [2.05, 4.69) is 5.43 Å². The van der Waals surface area contributed by atoms with Crippen molar-refractivity contribution in [3.8, 4) is 0 Å². The molecule has 0 radical (unpaired) electrons. The highest BCUT2D eigenvalue weighted by Gasteiger charge is 2.50. The summed E-state index contributed by atoms with van der Waals surface area (Å²) in [7, 11) is 0. The minimum Gasteiger partial charge on any atom is -0.287 e. The van der Waals surface area contributed by atoms with Crippen LogP contribution in [0.2, 0.25) is 0 Å². The lowest BCUT2D eigenvalue weighted by atomic mass is 9.94. The highest BCUT2D eigenvalue weighted by atomic mass is 19.4. The maximum absolute atomic E-state index is 13.2. The Bertz CT molecular complexity index is 471. The van der Waals surface area contributed by atoms with E-state index in [0.717, 1.165) is 5.01 Å². The van der Waals surface area contributed by atoms with Crippen LogP contribution in [-0.2, 0) is 4.79 Å². The number of amides is 1. The predicted octanol–water partition coefficient (Wildman–Crippen LogP) is 2.66. The molecule has 0 aromatic heterocycles. The predicted molar refractivity (Wildman–Crippen MR) is 63.9 cm³/mol. The van der Waals surface area contributed by atoms with Crippen LogP contribution >= 0.6 is 0 Å². The lowest BCUT2D eigenvalue weighted by molar-refractivity contribution is -0.191. The Morgan fingerprint density at radius 1 is 1.26 bits per heavy atom. The summed E-state index contributed by atoms with van der Waals surface area (Å²) in [5, 5.41) is 0.970. The van der Waals surface area contributed by atoms with Gasteiger partial charge in [-0.1, -0.05) is 30.3 Å². The zero-order valence-electron chi connectivity index (χ0n) is 10.7. The first-order chi connectivity index (χ1) is 8.72.